The van der Waals surface area contributed by atoms with Gasteiger partial charge in [-0.05, 0) is 20.8 Å². The third kappa shape index (κ3) is 5.28. The van der Waals surface area contributed by atoms with E-state index in [0.717, 1.165) is 13.8 Å². The highest BCUT2D eigenvalue weighted by molar-refractivity contribution is 5.84. The number of carbonyl (C=O) groups excluding carboxylic acids is 1. The van der Waals surface area contributed by atoms with Crippen molar-refractivity contribution in [2.24, 2.45) is 0 Å². The maximum atomic E-state index is 13.4. The molecule has 0 bridgehead atoms. The van der Waals surface area contributed by atoms with Crippen molar-refractivity contribution >= 4 is 11.9 Å². The zero-order valence-electron chi connectivity index (χ0n) is 14.4. The molecule has 0 radical (unpaired) electrons. The van der Waals surface area contributed by atoms with Crippen LogP contribution in [0.2, 0.25) is 0 Å². The highest BCUT2D eigenvalue weighted by Crippen LogP contribution is 2.49. The number of halogens is 6. The van der Waals surface area contributed by atoms with Gasteiger partial charge in [-0.1, -0.05) is 0 Å². The number of nitrogens with one attached hydrogen (secondary N) is 1. The number of alkyl halides is 6. The zero-order chi connectivity index (χ0) is 19.9. The topological polar surface area (TPSA) is 56.2 Å². The molecule has 1 saturated carbocycles. The third-order valence-electron chi connectivity index (χ3n) is 3.80. The van der Waals surface area contributed by atoms with Gasteiger partial charge in [-0.15, -0.1) is 0 Å². The van der Waals surface area contributed by atoms with Crippen LogP contribution in [0.1, 0.15) is 43.9 Å². The minimum atomic E-state index is -4.64. The molecule has 1 fully saturated rings. The molecular weight excluding hydrogens is 368 g/mol. The lowest BCUT2D eigenvalue weighted by Crippen LogP contribution is -2.34. The first-order chi connectivity index (χ1) is 11.7. The minimum absolute atomic E-state index is 0.0706. The molecule has 11 heteroatoms. The van der Waals surface area contributed by atoms with Gasteiger partial charge in [0, 0.05) is 24.3 Å². The number of amides is 1. The Labute approximate surface area is 145 Å². The second-order valence-corrected chi connectivity index (χ2v) is 7.01. The van der Waals surface area contributed by atoms with Gasteiger partial charge in [0.25, 0.3) is 0 Å². The van der Waals surface area contributed by atoms with Crippen molar-refractivity contribution in [1.82, 2.24) is 9.78 Å². The molecule has 2 rings (SSSR count). The lowest BCUT2D eigenvalue weighted by Gasteiger charge is -2.34. The Bertz CT molecular complexity index is 670. The Kier molecular flexibility index (Phi) is 5.22. The molecule has 1 aliphatic rings. The van der Waals surface area contributed by atoms with E-state index in [-0.39, 0.29) is 17.1 Å². The number of nitrogens with zero attached hydrogens (tertiary/aromatic N) is 2. The molecule has 0 aliphatic heterocycles. The van der Waals surface area contributed by atoms with Crippen molar-refractivity contribution in [2.75, 3.05) is 11.9 Å². The maximum absolute atomic E-state index is 13.4. The third-order valence-corrected chi connectivity index (χ3v) is 3.80. The molecule has 26 heavy (non-hydrogen) atoms. The van der Waals surface area contributed by atoms with Crippen LogP contribution in [0, 0.1) is 6.92 Å². The Balaban J connectivity index is 2.22. The van der Waals surface area contributed by atoms with E-state index in [9.17, 15) is 31.1 Å². The van der Waals surface area contributed by atoms with Crippen LogP contribution >= 0.6 is 0 Å². The summed E-state index contributed by atoms with van der Waals surface area (Å²) in [7, 11) is 0. The fourth-order valence-corrected chi connectivity index (χ4v) is 2.62. The molecule has 1 N–H and O–H groups in total. The Morgan fingerprint density at radius 1 is 1.31 bits per heavy atom. The average Bonchev–Trinajstić information content (AvgIpc) is 2.68. The first kappa shape index (κ1) is 20.4. The van der Waals surface area contributed by atoms with E-state index in [1.807, 2.05) is 0 Å². The molecule has 1 aliphatic carbocycles. The summed E-state index contributed by atoms with van der Waals surface area (Å²) in [6.07, 6.45) is -6.83. The van der Waals surface area contributed by atoms with Crippen molar-refractivity contribution in [3.8, 4) is 0 Å². The number of hydrogen-bond donors (Lipinski definition) is 1. The van der Waals surface area contributed by atoms with Gasteiger partial charge in [-0.3, -0.25) is 5.32 Å². The van der Waals surface area contributed by atoms with E-state index >= 15 is 0 Å². The number of hydrogen-bond acceptors (Lipinski definition) is 3. The van der Waals surface area contributed by atoms with Crippen LogP contribution in [-0.2, 0) is 11.3 Å². The van der Waals surface area contributed by atoms with Crippen molar-refractivity contribution in [1.29, 1.82) is 0 Å². The average molecular weight is 387 g/mol. The lowest BCUT2D eigenvalue weighted by molar-refractivity contribution is -0.142. The van der Waals surface area contributed by atoms with E-state index in [4.69, 9.17) is 0 Å². The molecule has 0 atom stereocenters. The summed E-state index contributed by atoms with van der Waals surface area (Å²) in [5.74, 6) is -3.88. The lowest BCUT2D eigenvalue weighted by atomic mass is 9.78. The van der Waals surface area contributed by atoms with E-state index in [2.05, 4.69) is 15.2 Å². The first-order valence-corrected chi connectivity index (χ1v) is 7.81. The summed E-state index contributed by atoms with van der Waals surface area (Å²) in [4.78, 5) is 11.8. The normalized spacial score (nSPS) is 17.7. The van der Waals surface area contributed by atoms with E-state index < -0.39 is 55.8 Å². The summed E-state index contributed by atoms with van der Waals surface area (Å²) < 4.78 is 82.9. The van der Waals surface area contributed by atoms with Gasteiger partial charge in [-0.2, -0.15) is 18.3 Å². The van der Waals surface area contributed by atoms with Gasteiger partial charge in [0.15, 0.2) is 0 Å². The fourth-order valence-electron chi connectivity index (χ4n) is 2.62. The summed E-state index contributed by atoms with van der Waals surface area (Å²) >= 11 is 0. The highest BCUT2D eigenvalue weighted by Gasteiger charge is 2.48. The predicted molar refractivity (Wildman–Crippen MR) is 80.1 cm³/mol. The van der Waals surface area contributed by atoms with Gasteiger partial charge in [0.1, 0.15) is 24.6 Å². The van der Waals surface area contributed by atoms with Crippen LogP contribution in [0.3, 0.4) is 0 Å². The minimum Gasteiger partial charge on any atom is -0.446 e. The molecule has 1 aromatic heterocycles. The van der Waals surface area contributed by atoms with Crippen molar-refractivity contribution in [3.63, 3.8) is 0 Å². The molecular formula is C15H19F6N3O2. The second-order valence-electron chi connectivity index (χ2n) is 7.01. The van der Waals surface area contributed by atoms with Crippen LogP contribution in [0.15, 0.2) is 0 Å². The highest BCUT2D eigenvalue weighted by atomic mass is 19.4. The van der Waals surface area contributed by atoms with Crippen LogP contribution in [0.5, 0.6) is 0 Å². The van der Waals surface area contributed by atoms with Gasteiger partial charge >= 0.3 is 12.3 Å². The zero-order valence-corrected chi connectivity index (χ0v) is 14.4. The van der Waals surface area contributed by atoms with Crippen LogP contribution < -0.4 is 5.32 Å². The molecule has 1 heterocycles. The fraction of sp³-hybridized carbons (Fsp3) is 0.733. The number of anilines is 1. The standard InChI is InChI=1S/C15H19F6N3O2/c1-8-10(9-4-14(17,18)5-9)23-24(6-15(19,20)21)11(8)22-12(25)26-7-13(2,3)16/h9H,4-7H2,1-3H3,(H,22,25). The SMILES string of the molecule is Cc1c(C2CC(F)(F)C2)nn(CC(F)(F)F)c1NC(=O)OCC(C)(C)F. The Hall–Kier alpha value is -1.94. The molecule has 1 aromatic rings. The van der Waals surface area contributed by atoms with Gasteiger partial charge in [0.2, 0.25) is 5.92 Å². The van der Waals surface area contributed by atoms with Crippen molar-refractivity contribution in [3.05, 3.63) is 11.3 Å². The van der Waals surface area contributed by atoms with Crippen LogP contribution in [0.4, 0.5) is 37.0 Å². The molecule has 0 spiro atoms. The predicted octanol–water partition coefficient (Wildman–Crippen LogP) is 4.56. The number of ether oxygens (including phenoxy) is 1. The monoisotopic (exact) mass is 387 g/mol. The van der Waals surface area contributed by atoms with Crippen molar-refractivity contribution < 1.29 is 35.9 Å². The van der Waals surface area contributed by atoms with Gasteiger partial charge < -0.3 is 4.74 Å². The maximum Gasteiger partial charge on any atom is 0.412 e. The van der Waals surface area contributed by atoms with Gasteiger partial charge in [-0.25, -0.2) is 22.6 Å². The Morgan fingerprint density at radius 2 is 1.88 bits per heavy atom. The van der Waals surface area contributed by atoms with Crippen LogP contribution in [-0.4, -0.2) is 40.2 Å². The largest absolute Gasteiger partial charge is 0.446 e. The summed E-state index contributed by atoms with van der Waals surface area (Å²) in [5, 5.41) is 5.87. The van der Waals surface area contributed by atoms with Crippen LogP contribution in [0.25, 0.3) is 0 Å². The summed E-state index contributed by atoms with van der Waals surface area (Å²) in [6.45, 7) is 1.58. The molecule has 0 saturated heterocycles. The van der Waals surface area contributed by atoms with E-state index in [0.29, 0.717) is 4.68 Å². The first-order valence-electron chi connectivity index (χ1n) is 7.81. The van der Waals surface area contributed by atoms with E-state index in [1.54, 1.807) is 0 Å². The smallest absolute Gasteiger partial charge is 0.412 e. The Morgan fingerprint density at radius 3 is 2.35 bits per heavy atom. The molecule has 0 unspecified atom stereocenters. The van der Waals surface area contributed by atoms with Crippen molar-refractivity contribution in [2.45, 2.75) is 63.8 Å². The number of rotatable bonds is 5. The molecule has 148 valence electrons. The molecule has 5 nitrogen and oxygen atoms in total. The second kappa shape index (κ2) is 6.66. The van der Waals surface area contributed by atoms with E-state index in [1.165, 1.54) is 6.92 Å². The number of aromatic nitrogens is 2. The molecule has 1 amide bonds. The number of carbonyl (C=O) groups is 1. The van der Waals surface area contributed by atoms with Gasteiger partial charge in [0.05, 0.1) is 5.69 Å². The summed E-state index contributed by atoms with van der Waals surface area (Å²) in [5.41, 5.74) is -1.60. The quantitative estimate of drug-likeness (QED) is 0.754. The molecule has 0 aromatic carbocycles. The summed E-state index contributed by atoms with van der Waals surface area (Å²) in [6, 6.07) is 0.